The van der Waals surface area contributed by atoms with Crippen LogP contribution in [0.3, 0.4) is 0 Å². The fourth-order valence-corrected chi connectivity index (χ4v) is 3.34. The highest BCUT2D eigenvalue weighted by Gasteiger charge is 2.25. The number of aliphatic hydroxyl groups excluding tert-OH is 2. The van der Waals surface area contributed by atoms with Crippen molar-refractivity contribution in [1.29, 1.82) is 0 Å². The molecule has 0 spiro atoms. The number of anilines is 1. The van der Waals surface area contributed by atoms with Crippen molar-refractivity contribution in [2.24, 2.45) is 0 Å². The zero-order valence-corrected chi connectivity index (χ0v) is 13.2. The summed E-state index contributed by atoms with van der Waals surface area (Å²) >= 11 is 7.69. The van der Waals surface area contributed by atoms with Gasteiger partial charge in [-0.05, 0) is 18.7 Å². The van der Waals surface area contributed by atoms with Gasteiger partial charge in [-0.1, -0.05) is 29.8 Å². The molecule has 114 valence electrons. The highest BCUT2D eigenvalue weighted by atomic mass is 35.5. The first-order valence-electron chi connectivity index (χ1n) is 6.47. The van der Waals surface area contributed by atoms with Crippen LogP contribution in [0.15, 0.2) is 30.5 Å². The molecule has 0 bridgehead atoms. The molecule has 0 radical (unpaired) electrons. The fraction of sp³-hybridized carbons (Fsp3) is 0.357. The molecule has 1 aromatic heterocycles. The average molecular weight is 328 g/mol. The molecule has 0 amide bonds. The van der Waals surface area contributed by atoms with E-state index in [4.69, 9.17) is 22.4 Å². The van der Waals surface area contributed by atoms with Gasteiger partial charge in [0.1, 0.15) is 0 Å². The summed E-state index contributed by atoms with van der Waals surface area (Å²) in [7, 11) is 1.86. The number of hydrogen-bond acceptors (Lipinski definition) is 6. The molecule has 21 heavy (non-hydrogen) atoms. The van der Waals surface area contributed by atoms with E-state index in [9.17, 15) is 5.11 Å². The van der Waals surface area contributed by atoms with Gasteiger partial charge in [-0.15, -0.1) is 11.3 Å². The number of hydrogen-bond donors (Lipinski definition) is 3. The number of aliphatic hydroxyl groups is 2. The molecule has 0 saturated heterocycles. The minimum atomic E-state index is -0.815. The molecule has 0 saturated carbocycles. The van der Waals surface area contributed by atoms with Crippen LogP contribution >= 0.6 is 22.9 Å². The van der Waals surface area contributed by atoms with Crippen molar-refractivity contribution >= 4 is 28.1 Å². The summed E-state index contributed by atoms with van der Waals surface area (Å²) in [4.78, 5) is 6.95. The lowest BCUT2D eigenvalue weighted by molar-refractivity contribution is 0.0594. The molecule has 5 nitrogen and oxygen atoms in total. The van der Waals surface area contributed by atoms with Crippen molar-refractivity contribution in [3.63, 3.8) is 0 Å². The molecule has 4 N–H and O–H groups in total. The number of nitrogen functional groups attached to an aromatic ring is 1. The van der Waals surface area contributed by atoms with Gasteiger partial charge in [0.15, 0.2) is 5.13 Å². The molecule has 2 aromatic rings. The lowest BCUT2D eigenvalue weighted by Gasteiger charge is -2.29. The van der Waals surface area contributed by atoms with Crippen molar-refractivity contribution in [1.82, 2.24) is 9.88 Å². The summed E-state index contributed by atoms with van der Waals surface area (Å²) < 4.78 is 0. The van der Waals surface area contributed by atoms with Crippen LogP contribution < -0.4 is 5.73 Å². The van der Waals surface area contributed by atoms with E-state index in [0.717, 1.165) is 10.4 Å². The Morgan fingerprint density at radius 2 is 2.14 bits per heavy atom. The number of rotatable bonds is 6. The first kappa shape index (κ1) is 16.2. The lowest BCUT2D eigenvalue weighted by atomic mass is 10.0. The SMILES string of the molecule is CN(CC(O)CO)C(c1cnc(N)s1)c1ccccc1Cl. The van der Waals surface area contributed by atoms with Crippen molar-refractivity contribution in [3.05, 3.63) is 45.9 Å². The standard InChI is InChI=1S/C14H18ClN3O2S/c1-18(7-9(20)8-19)13(12-6-17-14(16)21-12)10-4-2-3-5-11(10)15/h2-6,9,13,19-20H,7-8H2,1H3,(H2,16,17). The van der Waals surface area contributed by atoms with Crippen LogP contribution in [0.4, 0.5) is 5.13 Å². The largest absolute Gasteiger partial charge is 0.394 e. The molecule has 0 aliphatic carbocycles. The third kappa shape index (κ3) is 3.93. The van der Waals surface area contributed by atoms with Gasteiger partial charge in [-0.25, -0.2) is 4.98 Å². The number of nitrogens with zero attached hydrogens (tertiary/aromatic N) is 2. The molecule has 2 atom stereocenters. The number of thiazole rings is 1. The van der Waals surface area contributed by atoms with E-state index in [2.05, 4.69) is 4.98 Å². The first-order valence-corrected chi connectivity index (χ1v) is 7.67. The molecular formula is C14H18ClN3O2S. The molecule has 0 aliphatic heterocycles. The smallest absolute Gasteiger partial charge is 0.180 e. The predicted octanol–water partition coefficient (Wildman–Crippen LogP) is 1.75. The van der Waals surface area contributed by atoms with Crippen LogP contribution in [0.2, 0.25) is 5.02 Å². The number of aromatic nitrogens is 1. The van der Waals surface area contributed by atoms with E-state index in [-0.39, 0.29) is 12.6 Å². The topological polar surface area (TPSA) is 82.6 Å². The van der Waals surface area contributed by atoms with Gasteiger partial charge in [0.2, 0.25) is 0 Å². The second-order valence-corrected chi connectivity index (χ2v) is 6.30. The van der Waals surface area contributed by atoms with E-state index >= 15 is 0 Å². The van der Waals surface area contributed by atoms with E-state index in [1.807, 2.05) is 36.2 Å². The van der Waals surface area contributed by atoms with Crippen LogP contribution in [0, 0.1) is 0 Å². The van der Waals surface area contributed by atoms with Crippen LogP contribution in [-0.4, -0.2) is 46.4 Å². The van der Waals surface area contributed by atoms with Gasteiger partial charge in [0.05, 0.1) is 18.8 Å². The zero-order chi connectivity index (χ0) is 15.4. The van der Waals surface area contributed by atoms with Crippen LogP contribution in [0.5, 0.6) is 0 Å². The normalized spacial score (nSPS) is 14.3. The highest BCUT2D eigenvalue weighted by Crippen LogP contribution is 2.35. The number of halogens is 1. The van der Waals surface area contributed by atoms with Crippen LogP contribution in [-0.2, 0) is 0 Å². The van der Waals surface area contributed by atoms with Crippen LogP contribution in [0.25, 0.3) is 0 Å². The molecule has 2 rings (SSSR count). The highest BCUT2D eigenvalue weighted by molar-refractivity contribution is 7.15. The van der Waals surface area contributed by atoms with Crippen LogP contribution in [0.1, 0.15) is 16.5 Å². The van der Waals surface area contributed by atoms with E-state index in [1.165, 1.54) is 11.3 Å². The summed E-state index contributed by atoms with van der Waals surface area (Å²) in [5.41, 5.74) is 6.64. The van der Waals surface area contributed by atoms with Gasteiger partial charge in [-0.3, -0.25) is 4.90 Å². The average Bonchev–Trinajstić information content (AvgIpc) is 2.87. The van der Waals surface area contributed by atoms with Crippen molar-refractivity contribution < 1.29 is 10.2 Å². The van der Waals surface area contributed by atoms with Gasteiger partial charge >= 0.3 is 0 Å². The van der Waals surface area contributed by atoms with E-state index < -0.39 is 6.10 Å². The van der Waals surface area contributed by atoms with Gasteiger partial charge in [-0.2, -0.15) is 0 Å². The molecule has 0 aliphatic rings. The number of likely N-dealkylation sites (N-methyl/N-ethyl adjacent to an activating group) is 1. The maximum absolute atomic E-state index is 9.68. The van der Waals surface area contributed by atoms with Crippen molar-refractivity contribution in [3.8, 4) is 0 Å². The van der Waals surface area contributed by atoms with E-state index in [0.29, 0.717) is 16.7 Å². The molecule has 7 heteroatoms. The fourth-order valence-electron chi connectivity index (χ4n) is 2.23. The summed E-state index contributed by atoms with van der Waals surface area (Å²) in [5, 5.41) is 19.8. The molecular weight excluding hydrogens is 310 g/mol. The number of benzene rings is 1. The van der Waals surface area contributed by atoms with Crippen molar-refractivity contribution in [2.45, 2.75) is 12.1 Å². The monoisotopic (exact) mass is 327 g/mol. The minimum Gasteiger partial charge on any atom is -0.394 e. The Hall–Kier alpha value is -1.18. The Labute approximate surface area is 132 Å². The summed E-state index contributed by atoms with van der Waals surface area (Å²) in [6, 6.07) is 7.37. The Kier molecular flexibility index (Phi) is 5.55. The molecule has 2 unspecified atom stereocenters. The molecule has 1 aromatic carbocycles. The van der Waals surface area contributed by atoms with Gasteiger partial charge < -0.3 is 15.9 Å². The lowest BCUT2D eigenvalue weighted by Crippen LogP contribution is -2.34. The molecule has 1 heterocycles. The Balaban J connectivity index is 2.37. The number of nitrogens with two attached hydrogens (primary N) is 1. The summed E-state index contributed by atoms with van der Waals surface area (Å²) in [5.74, 6) is 0. The predicted molar refractivity (Wildman–Crippen MR) is 85.5 cm³/mol. The quantitative estimate of drug-likeness (QED) is 0.753. The third-order valence-electron chi connectivity index (χ3n) is 3.16. The third-order valence-corrected chi connectivity index (χ3v) is 4.38. The first-order chi connectivity index (χ1) is 10.0. The maximum Gasteiger partial charge on any atom is 0.180 e. The summed E-state index contributed by atoms with van der Waals surface area (Å²) in [6.45, 7) is 0.0224. The molecule has 0 fully saturated rings. The van der Waals surface area contributed by atoms with Gasteiger partial charge in [0, 0.05) is 22.6 Å². The van der Waals surface area contributed by atoms with Crippen molar-refractivity contribution in [2.75, 3.05) is 25.9 Å². The Morgan fingerprint density at radius 1 is 1.43 bits per heavy atom. The summed E-state index contributed by atoms with van der Waals surface area (Å²) in [6.07, 6.45) is 0.903. The van der Waals surface area contributed by atoms with E-state index in [1.54, 1.807) is 6.20 Å². The second-order valence-electron chi connectivity index (χ2n) is 4.80. The second kappa shape index (κ2) is 7.20. The minimum absolute atomic E-state index is 0.172. The van der Waals surface area contributed by atoms with Gasteiger partial charge in [0.25, 0.3) is 0 Å². The zero-order valence-electron chi connectivity index (χ0n) is 11.6. The maximum atomic E-state index is 9.68. The Bertz CT molecular complexity index is 593. The Morgan fingerprint density at radius 3 is 2.71 bits per heavy atom.